The summed E-state index contributed by atoms with van der Waals surface area (Å²) in [7, 11) is 0. The molecule has 0 spiro atoms. The number of aromatic nitrogens is 2. The molecule has 0 aliphatic carbocycles. The normalized spacial score (nSPS) is 12.7. The number of hydrogen-bond donors (Lipinski definition) is 2. The maximum Gasteiger partial charge on any atom is 0.416 e. The topological polar surface area (TPSA) is 80.9 Å². The summed E-state index contributed by atoms with van der Waals surface area (Å²) in [6.07, 6.45) is -2.71. The zero-order valence-electron chi connectivity index (χ0n) is 13.0. The molecule has 1 atom stereocenters. The van der Waals surface area contributed by atoms with Gasteiger partial charge in [-0.3, -0.25) is 4.79 Å². The van der Waals surface area contributed by atoms with Gasteiger partial charge in [-0.15, -0.1) is 0 Å². The Bertz CT molecular complexity index is 718. The van der Waals surface area contributed by atoms with E-state index in [9.17, 15) is 18.0 Å². The van der Waals surface area contributed by atoms with Crippen LogP contribution in [0.3, 0.4) is 0 Å². The third kappa shape index (κ3) is 4.94. The van der Waals surface area contributed by atoms with Crippen LogP contribution in [0.15, 0.2) is 36.5 Å². The van der Waals surface area contributed by atoms with Crippen LogP contribution in [0.25, 0.3) is 0 Å². The molecule has 24 heavy (non-hydrogen) atoms. The van der Waals surface area contributed by atoms with Crippen molar-refractivity contribution in [2.24, 2.45) is 5.92 Å². The van der Waals surface area contributed by atoms with Gasteiger partial charge in [0.15, 0.2) is 0 Å². The predicted molar refractivity (Wildman–Crippen MR) is 82.6 cm³/mol. The lowest BCUT2D eigenvalue weighted by molar-refractivity contribution is -0.137. The van der Waals surface area contributed by atoms with Crippen molar-refractivity contribution in [3.8, 4) is 0 Å². The molecule has 3 N–H and O–H groups in total. The van der Waals surface area contributed by atoms with Crippen LogP contribution in [0.5, 0.6) is 0 Å². The fourth-order valence-electron chi connectivity index (χ4n) is 2.16. The smallest absolute Gasteiger partial charge is 0.384 e. The number of nitrogens with one attached hydrogen (secondary N) is 1. The first kappa shape index (κ1) is 17.7. The maximum absolute atomic E-state index is 12.7. The van der Waals surface area contributed by atoms with Gasteiger partial charge in [-0.25, -0.2) is 9.97 Å². The molecule has 0 radical (unpaired) electrons. The second kappa shape index (κ2) is 7.29. The van der Waals surface area contributed by atoms with E-state index < -0.39 is 17.7 Å². The van der Waals surface area contributed by atoms with Crippen LogP contribution >= 0.6 is 0 Å². The summed E-state index contributed by atoms with van der Waals surface area (Å²) >= 11 is 0. The lowest BCUT2D eigenvalue weighted by Crippen LogP contribution is -2.30. The Hall–Kier alpha value is -2.64. The molecule has 8 heteroatoms. The lowest BCUT2D eigenvalue weighted by Gasteiger charge is -2.13. The molecule has 128 valence electrons. The van der Waals surface area contributed by atoms with Crippen molar-refractivity contribution in [2.75, 3.05) is 5.73 Å². The highest BCUT2D eigenvalue weighted by Crippen LogP contribution is 2.29. The van der Waals surface area contributed by atoms with Crippen LogP contribution in [0, 0.1) is 5.92 Å². The first-order chi connectivity index (χ1) is 11.3. The van der Waals surface area contributed by atoms with E-state index in [1.807, 2.05) is 0 Å². The first-order valence-corrected chi connectivity index (χ1v) is 7.27. The standard InChI is InChI=1S/C16H17F3N4O/c1-10(7-11-3-2-4-12(8-11)16(17,18)19)15(24)22-9-14-21-6-5-13(20)23-14/h2-6,8,10H,7,9H2,1H3,(H,22,24)(H2,20,21,23)/t10-/m0/s1. The van der Waals surface area contributed by atoms with Gasteiger partial charge < -0.3 is 11.1 Å². The van der Waals surface area contributed by atoms with Crippen molar-refractivity contribution in [3.63, 3.8) is 0 Å². The van der Waals surface area contributed by atoms with E-state index in [0.717, 1.165) is 12.1 Å². The summed E-state index contributed by atoms with van der Waals surface area (Å²) in [5.41, 5.74) is 5.25. The number of nitrogens with two attached hydrogens (primary N) is 1. The highest BCUT2D eigenvalue weighted by molar-refractivity contribution is 5.78. The molecule has 1 aromatic heterocycles. The van der Waals surface area contributed by atoms with E-state index in [-0.39, 0.29) is 18.9 Å². The van der Waals surface area contributed by atoms with Crippen LogP contribution < -0.4 is 11.1 Å². The van der Waals surface area contributed by atoms with E-state index >= 15 is 0 Å². The zero-order valence-corrected chi connectivity index (χ0v) is 13.0. The number of halogens is 3. The molecule has 5 nitrogen and oxygen atoms in total. The molecule has 0 aliphatic rings. The second-order valence-electron chi connectivity index (χ2n) is 5.42. The number of carbonyl (C=O) groups excluding carboxylic acids is 1. The number of rotatable bonds is 5. The van der Waals surface area contributed by atoms with E-state index in [4.69, 9.17) is 5.73 Å². The van der Waals surface area contributed by atoms with Crippen molar-refractivity contribution in [1.82, 2.24) is 15.3 Å². The minimum Gasteiger partial charge on any atom is -0.384 e. The van der Waals surface area contributed by atoms with Gasteiger partial charge in [-0.1, -0.05) is 25.1 Å². The second-order valence-corrected chi connectivity index (χ2v) is 5.42. The molecule has 1 heterocycles. The SMILES string of the molecule is C[C@@H](Cc1cccc(C(F)(F)F)c1)C(=O)NCc1nccc(N)n1. The lowest BCUT2D eigenvalue weighted by atomic mass is 9.98. The van der Waals surface area contributed by atoms with Gasteiger partial charge >= 0.3 is 6.18 Å². The van der Waals surface area contributed by atoms with Crippen molar-refractivity contribution < 1.29 is 18.0 Å². The average Bonchev–Trinajstić information content (AvgIpc) is 2.52. The summed E-state index contributed by atoms with van der Waals surface area (Å²) in [5.74, 6) is -0.117. The molecule has 1 amide bonds. The highest BCUT2D eigenvalue weighted by atomic mass is 19.4. The summed E-state index contributed by atoms with van der Waals surface area (Å²) in [5, 5.41) is 2.65. The van der Waals surface area contributed by atoms with Gasteiger partial charge in [0.05, 0.1) is 12.1 Å². The van der Waals surface area contributed by atoms with Gasteiger partial charge in [0.2, 0.25) is 5.91 Å². The van der Waals surface area contributed by atoms with Gasteiger partial charge in [-0.05, 0) is 24.1 Å². The monoisotopic (exact) mass is 338 g/mol. The van der Waals surface area contributed by atoms with Crippen LogP contribution in [0.1, 0.15) is 23.9 Å². The van der Waals surface area contributed by atoms with Crippen LogP contribution in [0.4, 0.5) is 19.0 Å². The van der Waals surface area contributed by atoms with Crippen LogP contribution in [-0.4, -0.2) is 15.9 Å². The van der Waals surface area contributed by atoms with Crippen molar-refractivity contribution in [2.45, 2.75) is 26.1 Å². The molecule has 0 saturated heterocycles. The predicted octanol–water partition coefficient (Wildman–Crippen LogP) is 2.57. The number of alkyl halides is 3. The Morgan fingerprint density at radius 1 is 1.33 bits per heavy atom. The Morgan fingerprint density at radius 3 is 2.75 bits per heavy atom. The van der Waals surface area contributed by atoms with Crippen LogP contribution in [-0.2, 0) is 23.9 Å². The number of carbonyl (C=O) groups is 1. The van der Waals surface area contributed by atoms with Gasteiger partial charge in [0, 0.05) is 12.1 Å². The summed E-state index contributed by atoms with van der Waals surface area (Å²) in [4.78, 5) is 20.0. The fraction of sp³-hybridized carbons (Fsp3) is 0.312. The van der Waals surface area contributed by atoms with Crippen LogP contribution in [0.2, 0.25) is 0 Å². The molecule has 1 aromatic carbocycles. The minimum atomic E-state index is -4.40. The number of hydrogen-bond acceptors (Lipinski definition) is 4. The minimum absolute atomic E-state index is 0.108. The third-order valence-corrected chi connectivity index (χ3v) is 3.39. The Balaban J connectivity index is 1.94. The van der Waals surface area contributed by atoms with E-state index in [0.29, 0.717) is 17.2 Å². The molecule has 0 aliphatic heterocycles. The molecule has 0 saturated carbocycles. The van der Waals surface area contributed by atoms with E-state index in [1.54, 1.807) is 13.0 Å². The number of nitrogen functional groups attached to an aromatic ring is 1. The summed E-state index contributed by atoms with van der Waals surface area (Å²) < 4.78 is 38.1. The van der Waals surface area contributed by atoms with Crippen molar-refractivity contribution >= 4 is 11.7 Å². The molecule has 0 unspecified atom stereocenters. The number of anilines is 1. The number of benzene rings is 1. The molecular formula is C16H17F3N4O. The molecule has 2 aromatic rings. The van der Waals surface area contributed by atoms with E-state index in [2.05, 4.69) is 15.3 Å². The maximum atomic E-state index is 12.7. The van der Waals surface area contributed by atoms with Gasteiger partial charge in [0.1, 0.15) is 11.6 Å². The molecule has 0 fully saturated rings. The van der Waals surface area contributed by atoms with Crippen molar-refractivity contribution in [3.05, 3.63) is 53.5 Å². The van der Waals surface area contributed by atoms with E-state index in [1.165, 1.54) is 18.3 Å². The zero-order chi connectivity index (χ0) is 17.7. The number of amides is 1. The van der Waals surface area contributed by atoms with Crippen molar-refractivity contribution in [1.29, 1.82) is 0 Å². The average molecular weight is 338 g/mol. The fourth-order valence-corrected chi connectivity index (χ4v) is 2.16. The summed E-state index contributed by atoms with van der Waals surface area (Å²) in [6.45, 7) is 1.76. The number of nitrogens with zero attached hydrogens (tertiary/aromatic N) is 2. The highest BCUT2D eigenvalue weighted by Gasteiger charge is 2.30. The van der Waals surface area contributed by atoms with Gasteiger partial charge in [0.25, 0.3) is 0 Å². The largest absolute Gasteiger partial charge is 0.416 e. The Labute approximate surface area is 137 Å². The molecule has 0 bridgehead atoms. The molecule has 2 rings (SSSR count). The third-order valence-electron chi connectivity index (χ3n) is 3.39. The Kier molecular flexibility index (Phi) is 5.38. The first-order valence-electron chi connectivity index (χ1n) is 7.27. The Morgan fingerprint density at radius 2 is 2.08 bits per heavy atom. The quantitative estimate of drug-likeness (QED) is 0.878. The molecular weight excluding hydrogens is 321 g/mol. The summed E-state index contributed by atoms with van der Waals surface area (Å²) in [6, 6.07) is 6.50. The van der Waals surface area contributed by atoms with Gasteiger partial charge in [-0.2, -0.15) is 13.2 Å².